The van der Waals surface area contributed by atoms with E-state index in [1.807, 2.05) is 32.0 Å². The summed E-state index contributed by atoms with van der Waals surface area (Å²) in [5.74, 6) is -2.00. The van der Waals surface area contributed by atoms with E-state index < -0.39 is 36.6 Å². The third-order valence-electron chi connectivity index (χ3n) is 7.22. The van der Waals surface area contributed by atoms with E-state index in [9.17, 15) is 23.6 Å². The first-order valence-corrected chi connectivity index (χ1v) is 13.2. The fraction of sp³-hybridized carbons (Fsp3) is 0.519. The van der Waals surface area contributed by atoms with Gasteiger partial charge in [0.2, 0.25) is 23.6 Å². The van der Waals surface area contributed by atoms with Gasteiger partial charge in [0.1, 0.15) is 37.7 Å². The minimum absolute atomic E-state index is 0.155. The zero-order chi connectivity index (χ0) is 27.9. The van der Waals surface area contributed by atoms with Crippen LogP contribution in [0.3, 0.4) is 0 Å². The van der Waals surface area contributed by atoms with Crippen molar-refractivity contribution in [3.63, 3.8) is 0 Å². The number of aryl methyl sites for hydroxylation is 1. The molecular weight excluding hydrogens is 509 g/mol. The number of carbonyl (C=O) groups is 4. The third kappa shape index (κ3) is 6.44. The summed E-state index contributed by atoms with van der Waals surface area (Å²) in [4.78, 5) is 58.3. The van der Waals surface area contributed by atoms with E-state index in [0.717, 1.165) is 16.8 Å². The third-order valence-corrected chi connectivity index (χ3v) is 7.22. The number of nitrogens with zero attached hydrogens (tertiary/aromatic N) is 2. The number of halogens is 1. The molecule has 4 atom stereocenters. The van der Waals surface area contributed by atoms with Crippen LogP contribution in [-0.4, -0.2) is 66.6 Å². The topological polar surface area (TPSA) is 143 Å². The van der Waals surface area contributed by atoms with Crippen LogP contribution >= 0.6 is 0 Å². The number of benzene rings is 1. The minimum atomic E-state index is -0.911. The molecule has 1 aromatic carbocycles. The molecule has 39 heavy (non-hydrogen) atoms. The van der Waals surface area contributed by atoms with Crippen LogP contribution in [0.2, 0.25) is 0 Å². The van der Waals surface area contributed by atoms with Crippen LogP contribution in [0.25, 0.3) is 0 Å². The molecule has 12 heteroatoms. The van der Waals surface area contributed by atoms with Gasteiger partial charge in [0.05, 0.1) is 24.5 Å². The van der Waals surface area contributed by atoms with Crippen LogP contribution in [0.1, 0.15) is 43.5 Å². The maximum Gasteiger partial charge on any atom is 0.250 e. The van der Waals surface area contributed by atoms with E-state index in [1.165, 1.54) is 17.6 Å². The van der Waals surface area contributed by atoms with Crippen LogP contribution in [0.4, 0.5) is 10.1 Å². The Labute approximate surface area is 225 Å². The molecule has 0 fully saturated rings. The molecule has 1 aromatic heterocycles. The first kappa shape index (κ1) is 28.2. The summed E-state index contributed by atoms with van der Waals surface area (Å²) in [6, 6.07) is 3.15. The van der Waals surface area contributed by atoms with Crippen molar-refractivity contribution in [1.29, 1.82) is 0 Å². The number of anilines is 1. The molecule has 0 radical (unpaired) electrons. The van der Waals surface area contributed by atoms with Crippen molar-refractivity contribution in [2.45, 2.75) is 64.2 Å². The lowest BCUT2D eigenvalue weighted by Gasteiger charge is -2.29. The van der Waals surface area contributed by atoms with Gasteiger partial charge in [0, 0.05) is 6.42 Å². The normalized spacial score (nSPS) is 19.6. The highest BCUT2D eigenvalue weighted by molar-refractivity contribution is 6.08. The number of amides is 4. The molecule has 3 heterocycles. The number of hydrogen-bond acceptors (Lipinski definition) is 7. The monoisotopic (exact) mass is 543 g/mol. The summed E-state index contributed by atoms with van der Waals surface area (Å²) >= 11 is 0. The van der Waals surface area contributed by atoms with E-state index in [4.69, 9.17) is 9.15 Å². The Balaban J connectivity index is 1.50. The Kier molecular flexibility index (Phi) is 9.28. The van der Waals surface area contributed by atoms with E-state index >= 15 is 0 Å². The fourth-order valence-electron chi connectivity index (χ4n) is 4.99. The zero-order valence-corrected chi connectivity index (χ0v) is 22.1. The van der Waals surface area contributed by atoms with Gasteiger partial charge in [-0.1, -0.05) is 38.5 Å². The van der Waals surface area contributed by atoms with Crippen molar-refractivity contribution in [3.8, 4) is 0 Å². The number of alkyl halides is 1. The highest BCUT2D eigenvalue weighted by Crippen LogP contribution is 2.39. The van der Waals surface area contributed by atoms with Gasteiger partial charge in [-0.25, -0.2) is 9.37 Å². The van der Waals surface area contributed by atoms with Gasteiger partial charge in [0.25, 0.3) is 0 Å². The number of nitrogens with one attached hydrogen (secondary N) is 3. The number of oxazole rings is 1. The number of carbonyl (C=O) groups excluding carboxylic acids is 4. The van der Waals surface area contributed by atoms with Crippen molar-refractivity contribution in [3.05, 3.63) is 47.7 Å². The van der Waals surface area contributed by atoms with Gasteiger partial charge < -0.3 is 25.1 Å². The second kappa shape index (κ2) is 12.8. The lowest BCUT2D eigenvalue weighted by Crippen LogP contribution is -2.58. The number of rotatable bonds is 12. The smallest absolute Gasteiger partial charge is 0.250 e. The van der Waals surface area contributed by atoms with E-state index in [2.05, 4.69) is 20.9 Å². The van der Waals surface area contributed by atoms with Crippen LogP contribution in [0, 0.1) is 5.92 Å². The first-order valence-electron chi connectivity index (χ1n) is 13.2. The van der Waals surface area contributed by atoms with Gasteiger partial charge in [-0.15, -0.1) is 0 Å². The maximum atomic E-state index is 13.9. The predicted octanol–water partition coefficient (Wildman–Crippen LogP) is 1.20. The van der Waals surface area contributed by atoms with Gasteiger partial charge in [-0.2, -0.15) is 0 Å². The Bertz CT molecular complexity index is 1190. The van der Waals surface area contributed by atoms with E-state index in [-0.39, 0.29) is 37.5 Å². The van der Waals surface area contributed by atoms with Crippen molar-refractivity contribution in [2.75, 3.05) is 24.8 Å². The molecule has 0 spiro atoms. The SMILES string of the molecule is CC[C@H](C)[C@H](NC(=O)COCCF)C(=O)N[C@H]1CCc2cccc3c2N(C1=O)[C@H](C(=O)NCc1cocn1)C3. The molecule has 210 valence electrons. The molecular formula is C27H34FN5O6. The summed E-state index contributed by atoms with van der Waals surface area (Å²) in [5, 5.41) is 8.31. The minimum Gasteiger partial charge on any atom is -0.451 e. The Morgan fingerprint density at radius 3 is 2.79 bits per heavy atom. The number of ether oxygens (including phenoxy) is 1. The number of aromatic nitrogens is 1. The highest BCUT2D eigenvalue weighted by atomic mass is 19.1. The molecule has 0 unspecified atom stereocenters. The van der Waals surface area contributed by atoms with Crippen LogP contribution in [0.5, 0.6) is 0 Å². The maximum absolute atomic E-state index is 13.9. The number of hydrogen-bond donors (Lipinski definition) is 3. The second-order valence-corrected chi connectivity index (χ2v) is 9.82. The fourth-order valence-corrected chi connectivity index (χ4v) is 4.99. The van der Waals surface area contributed by atoms with Crippen molar-refractivity contribution >= 4 is 29.3 Å². The summed E-state index contributed by atoms with van der Waals surface area (Å²) in [6.45, 7) is 2.56. The summed E-state index contributed by atoms with van der Waals surface area (Å²) < 4.78 is 22.2. The predicted molar refractivity (Wildman–Crippen MR) is 138 cm³/mol. The van der Waals surface area contributed by atoms with Gasteiger partial charge in [0.15, 0.2) is 6.39 Å². The largest absolute Gasteiger partial charge is 0.451 e. The Morgan fingerprint density at radius 2 is 2.08 bits per heavy atom. The standard InChI is InChI=1S/C27H34FN5O6/c1-3-16(2)23(32-22(34)14-38-10-9-28)26(36)31-20-8-7-17-5-4-6-18-11-21(33(24(17)18)27(20)37)25(35)29-12-19-13-39-15-30-19/h4-6,13,15-16,20-21,23H,3,7-12,14H2,1-2H3,(H,29,35)(H,31,36)(H,32,34)/t16-,20-,21-,23-/m0/s1. The van der Waals surface area contributed by atoms with Crippen molar-refractivity contribution < 1.29 is 32.7 Å². The van der Waals surface area contributed by atoms with Crippen LogP contribution < -0.4 is 20.9 Å². The van der Waals surface area contributed by atoms with Crippen LogP contribution in [-0.2, 0) is 43.3 Å². The molecule has 2 aliphatic heterocycles. The molecule has 2 aliphatic rings. The zero-order valence-electron chi connectivity index (χ0n) is 22.1. The molecule has 4 amide bonds. The molecule has 0 saturated heterocycles. The molecule has 0 bridgehead atoms. The molecule has 2 aromatic rings. The van der Waals surface area contributed by atoms with Crippen molar-refractivity contribution in [1.82, 2.24) is 20.9 Å². The lowest BCUT2D eigenvalue weighted by molar-refractivity contribution is -0.134. The number of para-hydroxylation sites is 1. The Hall–Kier alpha value is -3.80. The molecule has 3 N–H and O–H groups in total. The van der Waals surface area contributed by atoms with Gasteiger partial charge in [-0.3, -0.25) is 24.1 Å². The lowest BCUT2D eigenvalue weighted by atomic mass is 9.97. The Morgan fingerprint density at radius 1 is 1.28 bits per heavy atom. The van der Waals surface area contributed by atoms with E-state index in [0.29, 0.717) is 31.4 Å². The summed E-state index contributed by atoms with van der Waals surface area (Å²) in [7, 11) is 0. The average molecular weight is 544 g/mol. The second-order valence-electron chi connectivity index (χ2n) is 9.82. The van der Waals surface area contributed by atoms with Crippen LogP contribution in [0.15, 0.2) is 35.3 Å². The highest BCUT2D eigenvalue weighted by Gasteiger charge is 2.44. The molecule has 0 aliphatic carbocycles. The molecule has 4 rings (SSSR count). The van der Waals surface area contributed by atoms with E-state index in [1.54, 1.807) is 0 Å². The van der Waals surface area contributed by atoms with Gasteiger partial charge in [-0.05, 0) is 29.9 Å². The summed E-state index contributed by atoms with van der Waals surface area (Å²) in [6.07, 6.45) is 4.52. The molecule has 11 nitrogen and oxygen atoms in total. The first-order chi connectivity index (χ1) is 18.8. The quantitative estimate of drug-likeness (QED) is 0.342. The summed E-state index contributed by atoms with van der Waals surface area (Å²) in [5.41, 5.74) is 3.10. The van der Waals surface area contributed by atoms with Crippen molar-refractivity contribution in [2.24, 2.45) is 5.92 Å². The van der Waals surface area contributed by atoms with Gasteiger partial charge >= 0.3 is 0 Å². The molecule has 0 saturated carbocycles. The average Bonchev–Trinajstić information content (AvgIpc) is 3.57.